The van der Waals surface area contributed by atoms with E-state index in [9.17, 15) is 9.18 Å². The number of benzene rings is 2. The number of ether oxygens (including phenoxy) is 1. The van der Waals surface area contributed by atoms with Crippen LogP contribution in [0, 0.1) is 17.7 Å². The molecule has 34 heavy (non-hydrogen) atoms. The quantitative estimate of drug-likeness (QED) is 0.433. The Labute approximate surface area is 200 Å². The van der Waals surface area contributed by atoms with Crippen LogP contribution in [0.5, 0.6) is 0 Å². The van der Waals surface area contributed by atoms with Gasteiger partial charge < -0.3 is 14.6 Å². The number of H-pyrrole nitrogens is 1. The summed E-state index contributed by atoms with van der Waals surface area (Å²) in [4.78, 5) is 18.2. The minimum absolute atomic E-state index is 0.00668. The number of esters is 1. The highest BCUT2D eigenvalue weighted by atomic mass is 19.1. The molecule has 5 heteroatoms. The molecule has 1 aromatic heterocycles. The fourth-order valence-electron chi connectivity index (χ4n) is 6.35. The largest absolute Gasteiger partial charge is 0.469 e. The van der Waals surface area contributed by atoms with Crippen molar-refractivity contribution in [2.45, 2.75) is 50.5 Å². The van der Waals surface area contributed by atoms with Crippen LogP contribution in [0.1, 0.15) is 55.6 Å². The molecule has 178 valence electrons. The van der Waals surface area contributed by atoms with Gasteiger partial charge in [-0.1, -0.05) is 49.8 Å². The number of allylic oxidation sites excluding steroid dienone is 1. The standard InChI is InChI=1S/C29H33FN2O2/c1-19(32-15-14-24(29(33)34-2)23-10-6-7-11-28(23)32)16-25(20-8-4-3-5-9-20)26-18-31-27-17-21(30)12-13-22(26)27/h3-5,8-9,12-13,17-18,23-25,28,31H,1,6-7,10-11,14-16H2,2H3/t23?,24?,25-,28?/m1/s1. The molecule has 3 unspecified atom stereocenters. The highest BCUT2D eigenvalue weighted by molar-refractivity contribution is 5.84. The van der Waals surface area contributed by atoms with Gasteiger partial charge >= 0.3 is 5.97 Å². The Kier molecular flexibility index (Phi) is 6.44. The number of hydrogen-bond acceptors (Lipinski definition) is 3. The summed E-state index contributed by atoms with van der Waals surface area (Å²) in [7, 11) is 1.50. The van der Waals surface area contributed by atoms with Crippen LogP contribution in [0.25, 0.3) is 10.9 Å². The maximum atomic E-state index is 13.8. The zero-order valence-electron chi connectivity index (χ0n) is 19.8. The van der Waals surface area contributed by atoms with E-state index in [1.807, 2.05) is 18.3 Å². The average Bonchev–Trinajstić information content (AvgIpc) is 3.29. The molecule has 2 fully saturated rings. The lowest BCUT2D eigenvalue weighted by Crippen LogP contribution is -2.51. The van der Waals surface area contributed by atoms with E-state index < -0.39 is 0 Å². The Balaban J connectivity index is 1.45. The van der Waals surface area contributed by atoms with Crippen LogP contribution < -0.4 is 0 Å². The Bertz CT molecular complexity index is 1170. The van der Waals surface area contributed by atoms with Gasteiger partial charge in [-0.3, -0.25) is 4.79 Å². The molecule has 0 amide bonds. The van der Waals surface area contributed by atoms with Crippen molar-refractivity contribution in [3.63, 3.8) is 0 Å². The van der Waals surface area contributed by atoms with Crippen LogP contribution in [0.4, 0.5) is 4.39 Å². The molecular weight excluding hydrogens is 427 g/mol. The molecule has 1 saturated carbocycles. The van der Waals surface area contributed by atoms with Gasteiger partial charge in [0.1, 0.15) is 5.82 Å². The summed E-state index contributed by atoms with van der Waals surface area (Å²) in [6.45, 7) is 5.40. The summed E-state index contributed by atoms with van der Waals surface area (Å²) in [6, 6.07) is 15.8. The van der Waals surface area contributed by atoms with Crippen molar-refractivity contribution in [2.24, 2.45) is 11.8 Å². The summed E-state index contributed by atoms with van der Waals surface area (Å²) < 4.78 is 19.0. The predicted octanol–water partition coefficient (Wildman–Crippen LogP) is 6.40. The first-order chi connectivity index (χ1) is 16.6. The van der Waals surface area contributed by atoms with E-state index in [1.165, 1.54) is 31.6 Å². The molecule has 2 aromatic carbocycles. The highest BCUT2D eigenvalue weighted by Crippen LogP contribution is 2.43. The summed E-state index contributed by atoms with van der Waals surface area (Å²) >= 11 is 0. The number of nitrogens with zero attached hydrogens (tertiary/aromatic N) is 1. The van der Waals surface area contributed by atoms with Gasteiger partial charge in [0.25, 0.3) is 0 Å². The van der Waals surface area contributed by atoms with Gasteiger partial charge in [0.05, 0.1) is 13.0 Å². The monoisotopic (exact) mass is 460 g/mol. The number of aromatic amines is 1. The molecule has 4 nitrogen and oxygen atoms in total. The lowest BCUT2D eigenvalue weighted by Gasteiger charge is -2.49. The first-order valence-corrected chi connectivity index (χ1v) is 12.4. The number of fused-ring (bicyclic) bond motifs is 2. The highest BCUT2D eigenvalue weighted by Gasteiger charge is 2.43. The van der Waals surface area contributed by atoms with Crippen LogP contribution in [0.3, 0.4) is 0 Å². The second-order valence-electron chi connectivity index (χ2n) is 9.79. The van der Waals surface area contributed by atoms with Crippen LogP contribution in [-0.4, -0.2) is 35.5 Å². The molecule has 1 aliphatic carbocycles. The number of hydrogen-bond donors (Lipinski definition) is 1. The van der Waals surface area contributed by atoms with E-state index in [0.717, 1.165) is 54.4 Å². The molecule has 2 aliphatic rings. The first kappa shape index (κ1) is 22.7. The molecule has 5 rings (SSSR count). The summed E-state index contributed by atoms with van der Waals surface area (Å²) in [5.41, 5.74) is 4.31. The van der Waals surface area contributed by atoms with E-state index >= 15 is 0 Å². The zero-order chi connectivity index (χ0) is 23.7. The third-order valence-electron chi connectivity index (χ3n) is 7.98. The number of nitrogens with one attached hydrogen (secondary N) is 1. The second kappa shape index (κ2) is 9.65. The van der Waals surface area contributed by atoms with Crippen molar-refractivity contribution in [3.8, 4) is 0 Å². The first-order valence-electron chi connectivity index (χ1n) is 12.4. The Morgan fingerprint density at radius 1 is 1.18 bits per heavy atom. The van der Waals surface area contributed by atoms with Crippen molar-refractivity contribution >= 4 is 16.9 Å². The van der Waals surface area contributed by atoms with Crippen molar-refractivity contribution in [3.05, 3.63) is 83.9 Å². The Hall–Kier alpha value is -3.08. The molecular formula is C29H33FN2O2. The number of piperidine rings is 1. The van der Waals surface area contributed by atoms with E-state index in [4.69, 9.17) is 4.74 Å². The number of carbonyl (C=O) groups excluding carboxylic acids is 1. The van der Waals surface area contributed by atoms with Gasteiger partial charge in [-0.25, -0.2) is 4.39 Å². The maximum absolute atomic E-state index is 13.8. The number of carbonyl (C=O) groups is 1. The van der Waals surface area contributed by atoms with Crippen molar-refractivity contribution in [1.29, 1.82) is 0 Å². The van der Waals surface area contributed by atoms with Crippen molar-refractivity contribution < 1.29 is 13.9 Å². The lowest BCUT2D eigenvalue weighted by molar-refractivity contribution is -0.151. The average molecular weight is 461 g/mol. The Morgan fingerprint density at radius 3 is 2.76 bits per heavy atom. The number of likely N-dealkylation sites (tertiary alicyclic amines) is 1. The maximum Gasteiger partial charge on any atom is 0.309 e. The molecule has 1 aliphatic heterocycles. The lowest BCUT2D eigenvalue weighted by atomic mass is 9.71. The van der Waals surface area contributed by atoms with Gasteiger partial charge in [0.15, 0.2) is 0 Å². The number of halogens is 1. The van der Waals surface area contributed by atoms with Gasteiger partial charge in [-0.2, -0.15) is 0 Å². The van der Waals surface area contributed by atoms with E-state index in [1.54, 1.807) is 6.07 Å². The molecule has 4 atom stereocenters. The number of aromatic nitrogens is 1. The van der Waals surface area contributed by atoms with E-state index in [2.05, 4.69) is 40.7 Å². The fourth-order valence-corrected chi connectivity index (χ4v) is 6.35. The fraction of sp³-hybridized carbons (Fsp3) is 0.414. The molecule has 2 heterocycles. The molecule has 0 spiro atoms. The summed E-state index contributed by atoms with van der Waals surface area (Å²) in [5, 5.41) is 1.04. The van der Waals surface area contributed by atoms with E-state index in [0.29, 0.717) is 12.0 Å². The Morgan fingerprint density at radius 2 is 1.97 bits per heavy atom. The van der Waals surface area contributed by atoms with Crippen LogP contribution >= 0.6 is 0 Å². The third-order valence-corrected chi connectivity index (χ3v) is 7.98. The molecule has 3 aromatic rings. The summed E-state index contributed by atoms with van der Waals surface area (Å²) in [5.74, 6) is 0.132. The van der Waals surface area contributed by atoms with Crippen LogP contribution in [0.15, 0.2) is 67.0 Å². The van der Waals surface area contributed by atoms with Crippen LogP contribution in [-0.2, 0) is 9.53 Å². The SMILES string of the molecule is C=C(C[C@H](c1ccccc1)c1c[nH]c2cc(F)ccc12)N1CCC(C(=O)OC)C2CCCCC21. The molecule has 1 N–H and O–H groups in total. The second-order valence-corrected chi connectivity index (χ2v) is 9.79. The van der Waals surface area contributed by atoms with Gasteiger partial charge in [-0.15, -0.1) is 0 Å². The van der Waals surface area contributed by atoms with Gasteiger partial charge in [-0.05, 0) is 60.9 Å². The topological polar surface area (TPSA) is 45.3 Å². The van der Waals surface area contributed by atoms with Crippen molar-refractivity contribution in [2.75, 3.05) is 13.7 Å². The smallest absolute Gasteiger partial charge is 0.309 e. The predicted molar refractivity (Wildman–Crippen MR) is 133 cm³/mol. The molecule has 0 radical (unpaired) electrons. The van der Waals surface area contributed by atoms with E-state index in [-0.39, 0.29) is 23.6 Å². The minimum Gasteiger partial charge on any atom is -0.469 e. The van der Waals surface area contributed by atoms with Crippen molar-refractivity contribution in [1.82, 2.24) is 9.88 Å². The summed E-state index contributed by atoms with van der Waals surface area (Å²) in [6.07, 6.45) is 8.14. The number of methoxy groups -OCH3 is 1. The van der Waals surface area contributed by atoms with Gasteiger partial charge in [0, 0.05) is 41.3 Å². The zero-order valence-corrected chi connectivity index (χ0v) is 19.8. The molecule has 0 bridgehead atoms. The minimum atomic E-state index is -0.238. The third kappa shape index (κ3) is 4.24. The van der Waals surface area contributed by atoms with Gasteiger partial charge in [0.2, 0.25) is 0 Å². The number of rotatable bonds is 6. The molecule has 1 saturated heterocycles. The normalized spacial score (nSPS) is 23.4. The van der Waals surface area contributed by atoms with Crippen LogP contribution in [0.2, 0.25) is 0 Å².